The molecule has 0 spiro atoms. The number of benzene rings is 2. The topological polar surface area (TPSA) is 9.23 Å². The number of halogens is 4. The third kappa shape index (κ3) is 3.73. The lowest BCUT2D eigenvalue weighted by Crippen LogP contribution is -2.04. The number of hydrogen-bond donors (Lipinski definition) is 0. The molecule has 0 unspecified atom stereocenters. The third-order valence-corrected chi connectivity index (χ3v) is 3.10. The van der Waals surface area contributed by atoms with Crippen LogP contribution < -0.4 is 4.74 Å². The molecule has 0 saturated heterocycles. The normalized spacial score (nSPS) is 11.4. The molecular weight excluding hydrogens is 321 g/mol. The molecule has 1 nitrogen and oxygen atoms in total. The Hall–Kier alpha value is -1.49. The van der Waals surface area contributed by atoms with E-state index in [0.29, 0.717) is 11.1 Å². The van der Waals surface area contributed by atoms with Crippen molar-refractivity contribution in [1.29, 1.82) is 0 Å². The molecule has 0 bridgehead atoms. The minimum Gasteiger partial charge on any atom is -0.457 e. The summed E-state index contributed by atoms with van der Waals surface area (Å²) >= 11 is 3.31. The van der Waals surface area contributed by atoms with Crippen molar-refractivity contribution in [2.24, 2.45) is 0 Å². The zero-order valence-corrected chi connectivity index (χ0v) is 11.3. The fourth-order valence-corrected chi connectivity index (χ4v) is 1.91. The van der Waals surface area contributed by atoms with Crippen LogP contribution in [-0.4, -0.2) is 0 Å². The van der Waals surface area contributed by atoms with Crippen LogP contribution >= 0.6 is 15.9 Å². The molecule has 0 aromatic heterocycles. The summed E-state index contributed by atoms with van der Waals surface area (Å²) in [6.45, 7) is 0. The van der Waals surface area contributed by atoms with Crippen molar-refractivity contribution in [3.05, 3.63) is 59.7 Å². The van der Waals surface area contributed by atoms with E-state index in [1.807, 2.05) is 6.07 Å². The lowest BCUT2D eigenvalue weighted by atomic mass is 10.2. The second kappa shape index (κ2) is 5.65. The highest BCUT2D eigenvalue weighted by molar-refractivity contribution is 9.08. The lowest BCUT2D eigenvalue weighted by Gasteiger charge is -2.10. The van der Waals surface area contributed by atoms with Crippen LogP contribution in [0.5, 0.6) is 11.5 Å². The summed E-state index contributed by atoms with van der Waals surface area (Å²) in [5, 5.41) is 0.660. The molecule has 0 N–H and O–H groups in total. The van der Waals surface area contributed by atoms with Gasteiger partial charge in [0.25, 0.3) is 0 Å². The second-order valence-corrected chi connectivity index (χ2v) is 4.47. The molecule has 19 heavy (non-hydrogen) atoms. The molecule has 100 valence electrons. The van der Waals surface area contributed by atoms with Gasteiger partial charge in [-0.15, -0.1) is 0 Å². The molecule has 0 atom stereocenters. The third-order valence-electron chi connectivity index (χ3n) is 2.45. The standard InChI is InChI=1S/C14H10BrF3O/c15-9-10-3-1-5-12(7-10)19-13-6-2-4-11(8-13)14(16,17)18/h1-8H,9H2. The van der Waals surface area contributed by atoms with Crippen LogP contribution in [-0.2, 0) is 11.5 Å². The highest BCUT2D eigenvalue weighted by atomic mass is 79.9. The quantitative estimate of drug-likeness (QED) is 0.685. The van der Waals surface area contributed by atoms with Crippen molar-refractivity contribution < 1.29 is 17.9 Å². The summed E-state index contributed by atoms with van der Waals surface area (Å²) in [6, 6.07) is 12.0. The molecule has 2 aromatic carbocycles. The average Bonchev–Trinajstić information content (AvgIpc) is 2.38. The van der Waals surface area contributed by atoms with Crippen LogP contribution in [0.4, 0.5) is 13.2 Å². The van der Waals surface area contributed by atoms with E-state index in [-0.39, 0.29) is 5.75 Å². The van der Waals surface area contributed by atoms with Crippen LogP contribution in [0.2, 0.25) is 0 Å². The molecule has 0 heterocycles. The zero-order valence-electron chi connectivity index (χ0n) is 9.75. The predicted molar refractivity (Wildman–Crippen MR) is 70.6 cm³/mol. The van der Waals surface area contributed by atoms with E-state index in [2.05, 4.69) is 15.9 Å². The van der Waals surface area contributed by atoms with Crippen molar-refractivity contribution in [1.82, 2.24) is 0 Å². The SMILES string of the molecule is FC(F)(F)c1cccc(Oc2cccc(CBr)c2)c1. The van der Waals surface area contributed by atoms with Crippen LogP contribution in [0.25, 0.3) is 0 Å². The number of ether oxygens (including phenoxy) is 1. The summed E-state index contributed by atoms with van der Waals surface area (Å²) in [5.41, 5.74) is 0.270. The Kier molecular flexibility index (Phi) is 4.14. The van der Waals surface area contributed by atoms with Gasteiger partial charge in [0.2, 0.25) is 0 Å². The van der Waals surface area contributed by atoms with Gasteiger partial charge in [-0.05, 0) is 35.9 Å². The Morgan fingerprint density at radius 3 is 2.21 bits per heavy atom. The Morgan fingerprint density at radius 2 is 1.58 bits per heavy atom. The molecule has 0 aliphatic heterocycles. The molecule has 0 fully saturated rings. The van der Waals surface area contributed by atoms with Crippen molar-refractivity contribution >= 4 is 15.9 Å². The summed E-state index contributed by atoms with van der Waals surface area (Å²) in [4.78, 5) is 0. The Morgan fingerprint density at radius 1 is 0.947 bits per heavy atom. The van der Waals surface area contributed by atoms with Gasteiger partial charge in [0, 0.05) is 5.33 Å². The van der Waals surface area contributed by atoms with E-state index in [1.165, 1.54) is 12.1 Å². The first-order valence-electron chi connectivity index (χ1n) is 5.49. The Bertz CT molecular complexity index is 567. The molecule has 0 aliphatic carbocycles. The molecular formula is C14H10BrF3O. The molecule has 5 heteroatoms. The van der Waals surface area contributed by atoms with Gasteiger partial charge in [-0.2, -0.15) is 13.2 Å². The van der Waals surface area contributed by atoms with E-state index in [9.17, 15) is 13.2 Å². The minimum atomic E-state index is -4.36. The number of hydrogen-bond acceptors (Lipinski definition) is 1. The van der Waals surface area contributed by atoms with Gasteiger partial charge in [-0.1, -0.05) is 34.1 Å². The maximum Gasteiger partial charge on any atom is 0.416 e. The molecule has 0 amide bonds. The van der Waals surface area contributed by atoms with E-state index < -0.39 is 11.7 Å². The summed E-state index contributed by atoms with van der Waals surface area (Å²) < 4.78 is 43.1. The highest BCUT2D eigenvalue weighted by Crippen LogP contribution is 2.32. The van der Waals surface area contributed by atoms with Gasteiger partial charge in [-0.3, -0.25) is 0 Å². The summed E-state index contributed by atoms with van der Waals surface area (Å²) in [6.07, 6.45) is -4.36. The van der Waals surface area contributed by atoms with Crippen molar-refractivity contribution in [3.63, 3.8) is 0 Å². The first-order valence-corrected chi connectivity index (χ1v) is 6.61. The van der Waals surface area contributed by atoms with Gasteiger partial charge >= 0.3 is 6.18 Å². The van der Waals surface area contributed by atoms with Gasteiger partial charge in [0.15, 0.2) is 0 Å². The molecule has 0 saturated carbocycles. The molecule has 0 aliphatic rings. The van der Waals surface area contributed by atoms with Gasteiger partial charge < -0.3 is 4.74 Å². The minimum absolute atomic E-state index is 0.168. The number of rotatable bonds is 3. The predicted octanol–water partition coefficient (Wildman–Crippen LogP) is 5.39. The Labute approximate surface area is 117 Å². The monoisotopic (exact) mass is 330 g/mol. The largest absolute Gasteiger partial charge is 0.457 e. The van der Waals surface area contributed by atoms with Gasteiger partial charge in [0.05, 0.1) is 5.56 Å². The smallest absolute Gasteiger partial charge is 0.416 e. The van der Waals surface area contributed by atoms with Crippen LogP contribution in [0.1, 0.15) is 11.1 Å². The number of alkyl halides is 4. The van der Waals surface area contributed by atoms with E-state index in [4.69, 9.17) is 4.74 Å². The van der Waals surface area contributed by atoms with Crippen LogP contribution in [0.15, 0.2) is 48.5 Å². The molecule has 0 radical (unpaired) electrons. The highest BCUT2D eigenvalue weighted by Gasteiger charge is 2.30. The van der Waals surface area contributed by atoms with E-state index >= 15 is 0 Å². The van der Waals surface area contributed by atoms with Gasteiger partial charge in [-0.25, -0.2) is 0 Å². The molecule has 2 aromatic rings. The maximum atomic E-state index is 12.6. The zero-order chi connectivity index (χ0) is 13.9. The maximum absolute atomic E-state index is 12.6. The van der Waals surface area contributed by atoms with Crippen LogP contribution in [0.3, 0.4) is 0 Å². The van der Waals surface area contributed by atoms with Gasteiger partial charge in [0.1, 0.15) is 11.5 Å². The van der Waals surface area contributed by atoms with E-state index in [0.717, 1.165) is 17.7 Å². The van der Waals surface area contributed by atoms with E-state index in [1.54, 1.807) is 18.2 Å². The van der Waals surface area contributed by atoms with Crippen molar-refractivity contribution in [2.75, 3.05) is 0 Å². The van der Waals surface area contributed by atoms with Crippen LogP contribution in [0, 0.1) is 0 Å². The molecule has 2 rings (SSSR count). The van der Waals surface area contributed by atoms with Crippen molar-refractivity contribution in [3.8, 4) is 11.5 Å². The average molecular weight is 331 g/mol. The fraction of sp³-hybridized carbons (Fsp3) is 0.143. The first kappa shape index (κ1) is 13.9. The lowest BCUT2D eigenvalue weighted by molar-refractivity contribution is -0.137. The second-order valence-electron chi connectivity index (χ2n) is 3.91. The summed E-state index contributed by atoms with van der Waals surface area (Å²) in [7, 11) is 0. The fourth-order valence-electron chi connectivity index (χ4n) is 1.56. The first-order chi connectivity index (χ1) is 8.99. The Balaban J connectivity index is 2.23. The van der Waals surface area contributed by atoms with Crippen molar-refractivity contribution in [2.45, 2.75) is 11.5 Å². The summed E-state index contributed by atoms with van der Waals surface area (Å²) in [5.74, 6) is 0.679.